The lowest BCUT2D eigenvalue weighted by Crippen LogP contribution is -2.45. The lowest BCUT2D eigenvalue weighted by atomic mass is 9.64. The molecule has 0 aliphatic heterocycles. The molecule has 2 N–H and O–H groups in total. The lowest BCUT2D eigenvalue weighted by molar-refractivity contribution is 0.0928. The van der Waals surface area contributed by atoms with Gasteiger partial charge in [0.2, 0.25) is 10.0 Å². The molecule has 0 unspecified atom stereocenters. The van der Waals surface area contributed by atoms with Crippen LogP contribution in [0, 0.1) is 0 Å². The van der Waals surface area contributed by atoms with E-state index >= 15 is 0 Å². The van der Waals surface area contributed by atoms with Gasteiger partial charge in [0.15, 0.2) is 0 Å². The van der Waals surface area contributed by atoms with Crippen molar-refractivity contribution in [2.24, 2.45) is 0 Å². The number of nitrogens with one attached hydrogen (secondary N) is 2. The highest BCUT2D eigenvalue weighted by atomic mass is 79.9. The van der Waals surface area contributed by atoms with Crippen LogP contribution in [0.2, 0.25) is 5.02 Å². The molecule has 27 heavy (non-hydrogen) atoms. The fourth-order valence-electron chi connectivity index (χ4n) is 3.30. The number of sulfonamides is 1. The SMILES string of the molecule is CNS(=O)(=O)c1ccc(Cl)c(C(=O)NCC2(c3cccc(Br)c3)CCC2)c1. The molecule has 1 fully saturated rings. The predicted octanol–water partition coefficient (Wildman–Crippen LogP) is 3.86. The minimum atomic E-state index is -3.65. The Morgan fingerprint density at radius 2 is 1.96 bits per heavy atom. The average Bonchev–Trinajstić information content (AvgIpc) is 2.61. The Labute approximate surface area is 172 Å². The van der Waals surface area contributed by atoms with Crippen LogP contribution in [0.4, 0.5) is 0 Å². The summed E-state index contributed by atoms with van der Waals surface area (Å²) in [5, 5.41) is 3.16. The number of hydrogen-bond donors (Lipinski definition) is 2. The van der Waals surface area contributed by atoms with Crippen LogP contribution in [0.5, 0.6) is 0 Å². The second kappa shape index (κ2) is 7.91. The van der Waals surface area contributed by atoms with Crippen molar-refractivity contribution in [3.05, 3.63) is 63.1 Å². The van der Waals surface area contributed by atoms with Crippen molar-refractivity contribution >= 4 is 43.5 Å². The third kappa shape index (κ3) is 4.21. The third-order valence-corrected chi connectivity index (χ3v) is 7.33. The summed E-state index contributed by atoms with van der Waals surface area (Å²) >= 11 is 9.64. The summed E-state index contributed by atoms with van der Waals surface area (Å²) in [7, 11) is -2.33. The van der Waals surface area contributed by atoms with Crippen molar-refractivity contribution in [3.8, 4) is 0 Å². The molecule has 2 aromatic rings. The van der Waals surface area contributed by atoms with E-state index in [1.807, 2.05) is 12.1 Å². The summed E-state index contributed by atoms with van der Waals surface area (Å²) in [5.41, 5.74) is 1.23. The molecule has 3 rings (SSSR count). The number of rotatable bonds is 6. The Morgan fingerprint density at radius 3 is 2.56 bits per heavy atom. The normalized spacial score (nSPS) is 15.8. The van der Waals surface area contributed by atoms with E-state index in [-0.39, 0.29) is 26.8 Å². The molecule has 2 aromatic carbocycles. The first-order chi connectivity index (χ1) is 12.8. The van der Waals surface area contributed by atoms with E-state index in [4.69, 9.17) is 11.6 Å². The predicted molar refractivity (Wildman–Crippen MR) is 110 cm³/mol. The Bertz CT molecular complexity index is 975. The molecule has 1 amide bonds. The highest BCUT2D eigenvalue weighted by molar-refractivity contribution is 9.10. The first-order valence-corrected chi connectivity index (χ1v) is 11.2. The van der Waals surface area contributed by atoms with Gasteiger partial charge in [-0.15, -0.1) is 0 Å². The van der Waals surface area contributed by atoms with Crippen molar-refractivity contribution in [3.63, 3.8) is 0 Å². The summed E-state index contributed by atoms with van der Waals surface area (Å²) in [6.07, 6.45) is 3.09. The van der Waals surface area contributed by atoms with Crippen molar-refractivity contribution < 1.29 is 13.2 Å². The van der Waals surface area contributed by atoms with Gasteiger partial charge in [0, 0.05) is 16.4 Å². The quantitative estimate of drug-likeness (QED) is 0.672. The summed E-state index contributed by atoms with van der Waals surface area (Å²) in [6.45, 7) is 0.474. The lowest BCUT2D eigenvalue weighted by Gasteiger charge is -2.42. The van der Waals surface area contributed by atoms with Gasteiger partial charge in [-0.25, -0.2) is 13.1 Å². The van der Waals surface area contributed by atoms with Crippen LogP contribution >= 0.6 is 27.5 Å². The van der Waals surface area contributed by atoms with E-state index in [0.717, 1.165) is 23.7 Å². The van der Waals surface area contributed by atoms with Crippen LogP contribution in [-0.2, 0) is 15.4 Å². The van der Waals surface area contributed by atoms with Crippen LogP contribution in [0.3, 0.4) is 0 Å². The molecule has 0 spiro atoms. The molecule has 0 heterocycles. The van der Waals surface area contributed by atoms with Crippen LogP contribution < -0.4 is 10.0 Å². The number of halogens is 2. The van der Waals surface area contributed by atoms with Crippen LogP contribution in [0.1, 0.15) is 35.2 Å². The van der Waals surface area contributed by atoms with Gasteiger partial charge in [0.05, 0.1) is 15.5 Å². The monoisotopic (exact) mass is 470 g/mol. The maximum atomic E-state index is 12.7. The zero-order chi connectivity index (χ0) is 19.7. The smallest absolute Gasteiger partial charge is 0.252 e. The van der Waals surface area contributed by atoms with E-state index in [1.165, 1.54) is 30.8 Å². The van der Waals surface area contributed by atoms with Crippen LogP contribution in [0.25, 0.3) is 0 Å². The molecular formula is C19H20BrClN2O3S. The molecule has 1 aliphatic rings. The maximum Gasteiger partial charge on any atom is 0.252 e. The molecule has 144 valence electrons. The van der Waals surface area contributed by atoms with Gasteiger partial charge in [-0.3, -0.25) is 4.79 Å². The minimum Gasteiger partial charge on any atom is -0.351 e. The fourth-order valence-corrected chi connectivity index (χ4v) is 4.66. The number of amides is 1. The van der Waals surface area contributed by atoms with E-state index in [0.29, 0.717) is 6.54 Å². The molecule has 1 aliphatic carbocycles. The molecule has 5 nitrogen and oxygen atoms in total. The third-order valence-electron chi connectivity index (χ3n) is 5.10. The van der Waals surface area contributed by atoms with E-state index in [9.17, 15) is 13.2 Å². The molecule has 1 saturated carbocycles. The van der Waals surface area contributed by atoms with Crippen molar-refractivity contribution in [1.29, 1.82) is 0 Å². The van der Waals surface area contributed by atoms with Gasteiger partial charge in [0.1, 0.15) is 0 Å². The summed E-state index contributed by atoms with van der Waals surface area (Å²) in [5.74, 6) is -0.380. The first kappa shape index (κ1) is 20.3. The summed E-state index contributed by atoms with van der Waals surface area (Å²) in [6, 6.07) is 12.2. The van der Waals surface area contributed by atoms with Gasteiger partial charge in [0.25, 0.3) is 5.91 Å². The Kier molecular flexibility index (Phi) is 5.96. The molecule has 0 atom stereocenters. The van der Waals surface area contributed by atoms with E-state index < -0.39 is 10.0 Å². The zero-order valence-electron chi connectivity index (χ0n) is 14.8. The van der Waals surface area contributed by atoms with Crippen molar-refractivity contribution in [2.75, 3.05) is 13.6 Å². The summed E-state index contributed by atoms with van der Waals surface area (Å²) in [4.78, 5) is 12.7. The van der Waals surface area contributed by atoms with Gasteiger partial charge >= 0.3 is 0 Å². The van der Waals surface area contributed by atoms with Crippen LogP contribution in [-0.4, -0.2) is 27.9 Å². The number of carbonyl (C=O) groups excluding carboxylic acids is 1. The zero-order valence-corrected chi connectivity index (χ0v) is 17.9. The average molecular weight is 472 g/mol. The highest BCUT2D eigenvalue weighted by Crippen LogP contribution is 2.43. The van der Waals surface area contributed by atoms with Gasteiger partial charge < -0.3 is 5.32 Å². The molecule has 8 heteroatoms. The second-order valence-corrected chi connectivity index (χ2v) is 9.89. The number of benzene rings is 2. The molecule has 0 bridgehead atoms. The highest BCUT2D eigenvalue weighted by Gasteiger charge is 2.39. The standard InChI is InChI=1S/C19H20BrClN2O3S/c1-22-27(25,26)15-6-7-17(21)16(11-15)18(24)23-12-19(8-3-9-19)13-4-2-5-14(20)10-13/h2,4-7,10-11,22H,3,8-9,12H2,1H3,(H,23,24). The van der Waals surface area contributed by atoms with Gasteiger partial charge in [-0.1, -0.05) is 46.1 Å². The van der Waals surface area contributed by atoms with E-state index in [1.54, 1.807) is 0 Å². The molecular weight excluding hydrogens is 452 g/mol. The van der Waals surface area contributed by atoms with E-state index in [2.05, 4.69) is 38.1 Å². The van der Waals surface area contributed by atoms with Crippen molar-refractivity contribution in [1.82, 2.24) is 10.0 Å². The maximum absolute atomic E-state index is 12.7. The molecule has 0 saturated heterocycles. The van der Waals surface area contributed by atoms with Crippen molar-refractivity contribution in [2.45, 2.75) is 29.6 Å². The van der Waals surface area contributed by atoms with Gasteiger partial charge in [-0.05, 0) is 55.8 Å². The Balaban J connectivity index is 1.81. The fraction of sp³-hybridized carbons (Fsp3) is 0.316. The van der Waals surface area contributed by atoms with Crippen LogP contribution in [0.15, 0.2) is 51.8 Å². The summed E-state index contributed by atoms with van der Waals surface area (Å²) < 4.78 is 27.2. The largest absolute Gasteiger partial charge is 0.351 e. The Hall–Kier alpha value is -1.41. The minimum absolute atomic E-state index is 0.00453. The molecule has 0 radical (unpaired) electrons. The topological polar surface area (TPSA) is 75.3 Å². The second-order valence-electron chi connectivity index (χ2n) is 6.68. The van der Waals surface area contributed by atoms with Gasteiger partial charge in [-0.2, -0.15) is 0 Å². The number of hydrogen-bond acceptors (Lipinski definition) is 3. The number of carbonyl (C=O) groups is 1. The Morgan fingerprint density at radius 1 is 1.22 bits per heavy atom. The molecule has 0 aromatic heterocycles. The first-order valence-electron chi connectivity index (χ1n) is 8.55.